The van der Waals surface area contributed by atoms with E-state index in [9.17, 15) is 13.2 Å². The van der Waals surface area contributed by atoms with Crippen LogP contribution in [0.4, 0.5) is 5.82 Å². The summed E-state index contributed by atoms with van der Waals surface area (Å²) in [5.41, 5.74) is 7.50. The van der Waals surface area contributed by atoms with Crippen molar-refractivity contribution in [1.29, 1.82) is 0 Å². The number of carbonyl (C=O) groups excluding carboxylic acids is 1. The Morgan fingerprint density at radius 3 is 2.70 bits per heavy atom. The van der Waals surface area contributed by atoms with Crippen LogP contribution < -0.4 is 10.5 Å². The van der Waals surface area contributed by atoms with Crippen molar-refractivity contribution in [2.24, 2.45) is 5.92 Å². The number of nitrogen functional groups attached to an aromatic ring is 1. The van der Waals surface area contributed by atoms with Crippen LogP contribution in [0.5, 0.6) is 0 Å². The predicted octanol–water partition coefficient (Wildman–Crippen LogP) is 2.59. The smallest absolute Gasteiger partial charge is 0.291 e. The van der Waals surface area contributed by atoms with Crippen LogP contribution in [0.15, 0.2) is 34.9 Å². The molecule has 3 rings (SSSR count). The second-order valence-electron chi connectivity index (χ2n) is 7.26. The van der Waals surface area contributed by atoms with E-state index in [0.717, 1.165) is 16.9 Å². The summed E-state index contributed by atoms with van der Waals surface area (Å²) in [4.78, 5) is 24.4. The Labute approximate surface area is 178 Å². The minimum Gasteiger partial charge on any atom is -0.384 e. The van der Waals surface area contributed by atoms with Crippen LogP contribution in [0, 0.1) is 5.92 Å². The highest BCUT2D eigenvalue weighted by Crippen LogP contribution is 2.29. The number of thiazole rings is 1. The fourth-order valence-electron chi connectivity index (χ4n) is 2.62. The number of benzene rings is 1. The lowest BCUT2D eigenvalue weighted by atomic mass is 10.1. The highest BCUT2D eigenvalue weighted by molar-refractivity contribution is 7.92. The predicted molar refractivity (Wildman–Crippen MR) is 115 cm³/mol. The molecule has 0 unspecified atom stereocenters. The molecule has 2 aromatic heterocycles. The summed E-state index contributed by atoms with van der Waals surface area (Å²) >= 11 is 0.984. The first kappa shape index (κ1) is 22.1. The summed E-state index contributed by atoms with van der Waals surface area (Å²) in [5, 5.41) is 0. The molecule has 3 aromatic rings. The van der Waals surface area contributed by atoms with Crippen molar-refractivity contribution in [2.75, 3.05) is 12.3 Å². The number of nitrogens with two attached hydrogens (primary N) is 1. The molecule has 30 heavy (non-hydrogen) atoms. The van der Waals surface area contributed by atoms with Crippen molar-refractivity contribution >= 4 is 43.3 Å². The molecule has 0 spiro atoms. The summed E-state index contributed by atoms with van der Waals surface area (Å²) in [5.74, 6) is 0.0179. The first-order valence-electron chi connectivity index (χ1n) is 9.30. The number of carbonyl (C=O) groups is 1. The van der Waals surface area contributed by atoms with Crippen LogP contribution in [0.3, 0.4) is 0 Å². The van der Waals surface area contributed by atoms with Gasteiger partial charge in [-0.15, -0.1) is 11.3 Å². The van der Waals surface area contributed by atoms with Gasteiger partial charge in [0.1, 0.15) is 12.1 Å². The fourth-order valence-corrected chi connectivity index (χ4v) is 4.82. The number of fused-ring (bicyclic) bond motifs is 1. The Morgan fingerprint density at radius 2 is 2.00 bits per heavy atom. The molecule has 1 amide bonds. The number of nitrogens with one attached hydrogen (secondary N) is 1. The van der Waals surface area contributed by atoms with Gasteiger partial charge in [0.2, 0.25) is 10.2 Å². The minimum absolute atomic E-state index is 0.0594. The summed E-state index contributed by atoms with van der Waals surface area (Å²) in [6, 6.07) is 6.89. The molecule has 0 saturated heterocycles. The van der Waals surface area contributed by atoms with Gasteiger partial charge >= 0.3 is 0 Å². The number of nitrogens with zero attached hydrogens (tertiary/aromatic N) is 3. The van der Waals surface area contributed by atoms with E-state index in [-0.39, 0.29) is 16.9 Å². The van der Waals surface area contributed by atoms with Crippen LogP contribution in [0.1, 0.15) is 27.2 Å². The molecule has 9 nitrogen and oxygen atoms in total. The van der Waals surface area contributed by atoms with E-state index in [1.807, 2.05) is 13.8 Å². The Hall–Kier alpha value is -2.63. The van der Waals surface area contributed by atoms with Gasteiger partial charge in [0.25, 0.3) is 10.0 Å². The molecule has 11 heteroatoms. The fraction of sp³-hybridized carbons (Fsp3) is 0.368. The Bertz CT molecular complexity index is 1160. The molecule has 1 atom stereocenters. The third-order valence-electron chi connectivity index (χ3n) is 4.02. The summed E-state index contributed by atoms with van der Waals surface area (Å²) in [7, 11) is -4.08. The average molecular weight is 450 g/mol. The Kier molecular flexibility index (Phi) is 6.64. The lowest BCUT2D eigenvalue weighted by Crippen LogP contribution is -2.33. The molecule has 0 aliphatic heterocycles. The van der Waals surface area contributed by atoms with E-state index in [0.29, 0.717) is 34.3 Å². The van der Waals surface area contributed by atoms with Crippen molar-refractivity contribution in [3.63, 3.8) is 0 Å². The van der Waals surface area contributed by atoms with Crippen LogP contribution in [0.25, 0.3) is 21.5 Å². The van der Waals surface area contributed by atoms with Crippen molar-refractivity contribution in [1.82, 2.24) is 19.7 Å². The largest absolute Gasteiger partial charge is 0.384 e. The second kappa shape index (κ2) is 9.02. The number of aromatic nitrogens is 3. The van der Waals surface area contributed by atoms with Gasteiger partial charge in [-0.2, -0.15) is 8.42 Å². The lowest BCUT2D eigenvalue weighted by Gasteiger charge is -2.14. The first-order valence-corrected chi connectivity index (χ1v) is 11.6. The van der Waals surface area contributed by atoms with E-state index >= 15 is 0 Å². The molecule has 160 valence electrons. The van der Waals surface area contributed by atoms with E-state index in [4.69, 9.17) is 10.5 Å². The molecule has 2 heterocycles. The zero-order chi connectivity index (χ0) is 21.9. The van der Waals surface area contributed by atoms with Crippen molar-refractivity contribution in [3.05, 3.63) is 30.6 Å². The topological polar surface area (TPSA) is 137 Å². The van der Waals surface area contributed by atoms with E-state index in [2.05, 4.69) is 19.7 Å². The third kappa shape index (κ3) is 5.49. The lowest BCUT2D eigenvalue weighted by molar-refractivity contribution is -0.122. The van der Waals surface area contributed by atoms with Gasteiger partial charge in [-0.05, 0) is 25.0 Å². The molecule has 0 fully saturated rings. The maximum atomic E-state index is 12.6. The van der Waals surface area contributed by atoms with Gasteiger partial charge in [0, 0.05) is 18.2 Å². The number of anilines is 1. The van der Waals surface area contributed by atoms with Crippen LogP contribution in [-0.2, 0) is 19.6 Å². The maximum Gasteiger partial charge on any atom is 0.291 e. The number of sulfonamides is 1. The molecule has 0 radical (unpaired) electrons. The average Bonchev–Trinajstić information content (AvgIpc) is 3.10. The third-order valence-corrected chi connectivity index (χ3v) is 6.80. The highest BCUT2D eigenvalue weighted by atomic mass is 32.2. The molecule has 0 saturated carbocycles. The second-order valence-corrected chi connectivity index (χ2v) is 10.1. The number of hydrogen-bond donors (Lipinski definition) is 2. The van der Waals surface area contributed by atoms with Gasteiger partial charge in [0.05, 0.1) is 28.4 Å². The number of amides is 1. The molecule has 0 aliphatic rings. The number of hydrogen-bond acceptors (Lipinski definition) is 9. The Morgan fingerprint density at radius 1 is 1.23 bits per heavy atom. The summed E-state index contributed by atoms with van der Waals surface area (Å²) < 4.78 is 33.3. The summed E-state index contributed by atoms with van der Waals surface area (Å²) in [6.45, 7) is 6.22. The Balaban J connectivity index is 1.76. The minimum atomic E-state index is -4.08. The van der Waals surface area contributed by atoms with E-state index in [1.165, 1.54) is 6.33 Å². The van der Waals surface area contributed by atoms with E-state index in [1.54, 1.807) is 31.2 Å². The molecule has 0 aliphatic carbocycles. The van der Waals surface area contributed by atoms with Gasteiger partial charge in [0.15, 0.2) is 0 Å². The van der Waals surface area contributed by atoms with Gasteiger partial charge in [-0.25, -0.2) is 19.7 Å². The normalized spacial score (nSPS) is 12.9. The van der Waals surface area contributed by atoms with Gasteiger partial charge < -0.3 is 10.5 Å². The molecule has 3 N–H and O–H groups in total. The van der Waals surface area contributed by atoms with Crippen molar-refractivity contribution in [2.45, 2.75) is 37.6 Å². The number of ether oxygens (including phenoxy) is 1. The van der Waals surface area contributed by atoms with Crippen molar-refractivity contribution < 1.29 is 17.9 Å². The van der Waals surface area contributed by atoms with E-state index < -0.39 is 15.9 Å². The van der Waals surface area contributed by atoms with Crippen LogP contribution in [-0.4, -0.2) is 42.0 Å². The first-order chi connectivity index (χ1) is 14.1. The molecule has 1 aromatic carbocycles. The monoisotopic (exact) mass is 449 g/mol. The van der Waals surface area contributed by atoms with Gasteiger partial charge in [-0.3, -0.25) is 4.79 Å². The zero-order valence-electron chi connectivity index (χ0n) is 16.8. The van der Waals surface area contributed by atoms with Crippen LogP contribution >= 0.6 is 11.3 Å². The molecular formula is C19H23N5O4S2. The highest BCUT2D eigenvalue weighted by Gasteiger charge is 2.23. The molecule has 0 bridgehead atoms. The SMILES string of the molecule is CC(C)CO[C@H](C)CC(=O)NS(=O)(=O)c1nc2cc(-c3cc(N)ncn3)ccc2s1. The quantitative estimate of drug-likeness (QED) is 0.535. The van der Waals surface area contributed by atoms with Crippen LogP contribution in [0.2, 0.25) is 0 Å². The zero-order valence-corrected chi connectivity index (χ0v) is 18.5. The standard InChI is InChI=1S/C19H23N5O4S2/c1-11(2)9-28-12(3)6-18(25)24-30(26,27)19-23-15-7-13(4-5-16(15)29-19)14-8-17(20)22-10-21-14/h4-5,7-8,10-12H,6,9H2,1-3H3,(H,24,25)(H2,20,21,22)/t12-/m1/s1. The number of rotatable bonds is 8. The molecular weight excluding hydrogens is 426 g/mol. The maximum absolute atomic E-state index is 12.6. The summed E-state index contributed by atoms with van der Waals surface area (Å²) in [6.07, 6.45) is 0.907. The van der Waals surface area contributed by atoms with Crippen molar-refractivity contribution in [3.8, 4) is 11.3 Å². The van der Waals surface area contributed by atoms with Gasteiger partial charge in [-0.1, -0.05) is 19.9 Å².